The summed E-state index contributed by atoms with van der Waals surface area (Å²) in [7, 11) is 0. The first-order chi connectivity index (χ1) is 19.3. The molecular weight excluding hydrogens is 633 g/mol. The predicted octanol–water partition coefficient (Wildman–Crippen LogP) is 4.48. The highest BCUT2D eigenvalue weighted by molar-refractivity contribution is 8.07. The van der Waals surface area contributed by atoms with Gasteiger partial charge in [-0.1, -0.05) is 0 Å². The standard InChI is InChI=1S/C26H46O6S7/c1(27-9-21-17-35-21)3-29-13-25(15-33-7-5-31-11-23-19-37-23)39-26(14-30-4-2-28-10-22-18-36-22)16-34-8-6-32-12-24-20-38-24/h21-26H,1-20H2. The van der Waals surface area contributed by atoms with E-state index >= 15 is 0 Å². The fourth-order valence-corrected chi connectivity index (χ4v) is 8.69. The Morgan fingerprint density at radius 3 is 1.18 bits per heavy atom. The maximum absolute atomic E-state index is 6.10. The first-order valence-corrected chi connectivity index (χ1v) is 21.5. The van der Waals surface area contributed by atoms with Gasteiger partial charge in [-0.3, -0.25) is 0 Å². The summed E-state index contributed by atoms with van der Waals surface area (Å²) in [6.07, 6.45) is 0. The van der Waals surface area contributed by atoms with Crippen molar-refractivity contribution in [3.05, 3.63) is 0 Å². The minimum absolute atomic E-state index is 0.424. The summed E-state index contributed by atoms with van der Waals surface area (Å²) < 4.78 is 35.4. The Kier molecular flexibility index (Phi) is 19.1. The molecule has 228 valence electrons. The summed E-state index contributed by atoms with van der Waals surface area (Å²) in [6, 6.07) is 0. The second-order valence-electron chi connectivity index (χ2n) is 9.80. The van der Waals surface area contributed by atoms with Gasteiger partial charge in [-0.2, -0.15) is 70.6 Å². The Morgan fingerprint density at radius 1 is 0.487 bits per heavy atom. The maximum Gasteiger partial charge on any atom is 0.0701 e. The van der Waals surface area contributed by atoms with Crippen molar-refractivity contribution in [3.63, 3.8) is 0 Å². The molecule has 0 aromatic heterocycles. The van der Waals surface area contributed by atoms with Gasteiger partial charge in [0.05, 0.1) is 79.3 Å². The zero-order valence-electron chi connectivity index (χ0n) is 22.9. The van der Waals surface area contributed by atoms with E-state index in [9.17, 15) is 0 Å². The smallest absolute Gasteiger partial charge is 0.0701 e. The van der Waals surface area contributed by atoms with Crippen LogP contribution in [0, 0.1) is 0 Å². The highest BCUT2D eigenvalue weighted by atomic mass is 32.2. The second kappa shape index (κ2) is 21.8. The summed E-state index contributed by atoms with van der Waals surface area (Å²) in [5.41, 5.74) is 0. The third kappa shape index (κ3) is 20.0. The van der Waals surface area contributed by atoms with E-state index in [1.54, 1.807) is 0 Å². The van der Waals surface area contributed by atoms with E-state index in [0.29, 0.717) is 36.9 Å². The van der Waals surface area contributed by atoms with Gasteiger partial charge in [0.2, 0.25) is 0 Å². The molecular formula is C26H46O6S7. The monoisotopic (exact) mass is 678 g/mol. The van der Waals surface area contributed by atoms with Gasteiger partial charge in [0.25, 0.3) is 0 Å². The molecule has 0 N–H and O–H groups in total. The molecule has 0 radical (unpaired) electrons. The molecule has 39 heavy (non-hydrogen) atoms. The van der Waals surface area contributed by atoms with Gasteiger partial charge in [-0.25, -0.2) is 0 Å². The minimum Gasteiger partial charge on any atom is -0.379 e. The molecule has 0 spiro atoms. The summed E-state index contributed by atoms with van der Waals surface area (Å²) >= 11 is 14.0. The van der Waals surface area contributed by atoms with Crippen LogP contribution in [0.4, 0.5) is 0 Å². The molecule has 0 amide bonds. The number of hydrogen-bond donors (Lipinski definition) is 0. The van der Waals surface area contributed by atoms with Crippen molar-refractivity contribution in [2.75, 3.05) is 125 Å². The van der Waals surface area contributed by atoms with E-state index in [2.05, 4.69) is 0 Å². The molecule has 4 heterocycles. The Bertz CT molecular complexity index is 513. The van der Waals surface area contributed by atoms with Crippen molar-refractivity contribution >= 4 is 82.3 Å². The van der Waals surface area contributed by atoms with Crippen LogP contribution in [0.1, 0.15) is 0 Å². The van der Waals surface area contributed by atoms with Crippen LogP contribution >= 0.6 is 82.3 Å². The molecule has 0 saturated carbocycles. The molecule has 4 fully saturated rings. The van der Waals surface area contributed by atoms with Crippen LogP contribution < -0.4 is 0 Å². The third-order valence-corrected chi connectivity index (χ3v) is 13.7. The fraction of sp³-hybridized carbons (Fsp3) is 1.00. The van der Waals surface area contributed by atoms with Crippen molar-refractivity contribution in [3.8, 4) is 0 Å². The number of ether oxygens (including phenoxy) is 6. The van der Waals surface area contributed by atoms with Gasteiger partial charge in [-0.05, 0) is 0 Å². The molecule has 4 rings (SSSR count). The first-order valence-electron chi connectivity index (χ1n) is 14.1. The molecule has 6 atom stereocenters. The van der Waals surface area contributed by atoms with Gasteiger partial charge in [0.15, 0.2) is 0 Å². The van der Waals surface area contributed by atoms with Crippen molar-refractivity contribution in [2.45, 2.75) is 31.5 Å². The zero-order valence-corrected chi connectivity index (χ0v) is 28.6. The summed E-state index contributed by atoms with van der Waals surface area (Å²) in [5.74, 6) is 9.25. The lowest BCUT2D eigenvalue weighted by atomic mass is 10.5. The number of thioether (sulfide) groups is 7. The van der Waals surface area contributed by atoms with Crippen LogP contribution in [0.5, 0.6) is 0 Å². The quantitative estimate of drug-likeness (QED) is 0.0794. The maximum atomic E-state index is 6.10. The Labute approximate surface area is 265 Å². The van der Waals surface area contributed by atoms with Gasteiger partial charge in [0.1, 0.15) is 0 Å². The van der Waals surface area contributed by atoms with Gasteiger partial charge < -0.3 is 28.4 Å². The van der Waals surface area contributed by atoms with Crippen LogP contribution in [0.25, 0.3) is 0 Å². The van der Waals surface area contributed by atoms with E-state index in [1.807, 2.05) is 82.3 Å². The molecule has 4 aliphatic rings. The van der Waals surface area contributed by atoms with Crippen LogP contribution in [0.15, 0.2) is 0 Å². The van der Waals surface area contributed by atoms with Crippen LogP contribution in [-0.4, -0.2) is 157 Å². The minimum atomic E-state index is 0.424. The third-order valence-electron chi connectivity index (χ3n) is 5.91. The number of rotatable bonds is 30. The Morgan fingerprint density at radius 2 is 0.821 bits per heavy atom. The highest BCUT2D eigenvalue weighted by Crippen LogP contribution is 2.32. The lowest BCUT2D eigenvalue weighted by Crippen LogP contribution is -2.26. The lowest BCUT2D eigenvalue weighted by Gasteiger charge is -2.23. The molecule has 4 saturated heterocycles. The average molecular weight is 679 g/mol. The Hall–Kier alpha value is 2.21. The molecule has 0 aliphatic carbocycles. The van der Waals surface area contributed by atoms with Gasteiger partial charge in [0, 0.05) is 77.5 Å². The Balaban J connectivity index is 1.12. The SMILES string of the molecule is C(COCC(CSCCOCC1CS1)SC(COCCOCC1CS1)CSCCOCC1CS1)OCC1CS1. The zero-order chi connectivity index (χ0) is 26.8. The van der Waals surface area contributed by atoms with Crippen LogP contribution in [-0.2, 0) is 28.4 Å². The van der Waals surface area contributed by atoms with E-state index in [1.165, 1.54) is 23.0 Å². The summed E-state index contributed by atoms with van der Waals surface area (Å²) in [6.45, 7) is 9.47. The van der Waals surface area contributed by atoms with Crippen molar-refractivity contribution < 1.29 is 28.4 Å². The first kappa shape index (κ1) is 34.1. The normalized spacial score (nSPS) is 26.5. The van der Waals surface area contributed by atoms with E-state index in [4.69, 9.17) is 28.4 Å². The summed E-state index contributed by atoms with van der Waals surface area (Å²) in [4.78, 5) is 0. The number of hydrogen-bond acceptors (Lipinski definition) is 13. The van der Waals surface area contributed by atoms with Crippen molar-refractivity contribution in [1.29, 1.82) is 0 Å². The second-order valence-corrected chi connectivity index (χ2v) is 19.0. The average Bonchev–Trinajstić information content (AvgIpc) is 3.77. The largest absolute Gasteiger partial charge is 0.379 e. The van der Waals surface area contributed by atoms with Crippen molar-refractivity contribution in [1.82, 2.24) is 0 Å². The molecule has 0 bridgehead atoms. The van der Waals surface area contributed by atoms with E-state index in [-0.39, 0.29) is 0 Å². The van der Waals surface area contributed by atoms with Crippen molar-refractivity contribution in [2.24, 2.45) is 0 Å². The van der Waals surface area contributed by atoms with Gasteiger partial charge >= 0.3 is 0 Å². The fourth-order valence-electron chi connectivity index (χ4n) is 3.37. The summed E-state index contributed by atoms with van der Waals surface area (Å²) in [5, 5.41) is 3.80. The van der Waals surface area contributed by atoms with E-state index in [0.717, 1.165) is 96.9 Å². The molecule has 13 heteroatoms. The van der Waals surface area contributed by atoms with Crippen LogP contribution in [0.3, 0.4) is 0 Å². The molecule has 6 unspecified atom stereocenters. The van der Waals surface area contributed by atoms with E-state index < -0.39 is 0 Å². The lowest BCUT2D eigenvalue weighted by molar-refractivity contribution is 0.0507. The molecule has 0 aromatic rings. The predicted molar refractivity (Wildman–Crippen MR) is 180 cm³/mol. The molecule has 4 aliphatic heterocycles. The molecule has 0 aromatic carbocycles. The van der Waals surface area contributed by atoms with Gasteiger partial charge in [-0.15, -0.1) is 11.8 Å². The van der Waals surface area contributed by atoms with Crippen LogP contribution in [0.2, 0.25) is 0 Å². The highest BCUT2D eigenvalue weighted by Gasteiger charge is 2.24. The topological polar surface area (TPSA) is 55.4 Å². The molecule has 6 nitrogen and oxygen atoms in total.